The molecule has 0 radical (unpaired) electrons. The van der Waals surface area contributed by atoms with Crippen LogP contribution in [0.25, 0.3) is 0 Å². The molecule has 140 valence electrons. The largest absolute Gasteiger partial charge is 0.385 e. The average molecular weight is 339 g/mol. The number of hydrogen-bond acceptors (Lipinski definition) is 3. The molecule has 0 aromatic heterocycles. The summed E-state index contributed by atoms with van der Waals surface area (Å²) in [6.45, 7) is 7.55. The molecule has 1 unspecified atom stereocenters. The average Bonchev–Trinajstić information content (AvgIpc) is 3.07. The quantitative estimate of drug-likeness (QED) is 0.528. The summed E-state index contributed by atoms with van der Waals surface area (Å²) in [5.74, 6) is 0.948. The molecule has 1 heterocycles. The maximum absolute atomic E-state index is 5.32. The number of rotatable bonds is 8. The Morgan fingerprint density at radius 1 is 1.21 bits per heavy atom. The summed E-state index contributed by atoms with van der Waals surface area (Å²) < 4.78 is 5.32. The molecule has 5 heteroatoms. The van der Waals surface area contributed by atoms with Crippen LogP contribution in [0.2, 0.25) is 0 Å². The van der Waals surface area contributed by atoms with Gasteiger partial charge in [-0.05, 0) is 51.0 Å². The molecule has 1 atom stereocenters. The molecule has 2 aliphatic rings. The van der Waals surface area contributed by atoms with Crippen LogP contribution in [0.5, 0.6) is 0 Å². The third kappa shape index (κ3) is 5.92. The first-order valence-corrected chi connectivity index (χ1v) is 9.87. The fourth-order valence-electron chi connectivity index (χ4n) is 4.26. The van der Waals surface area contributed by atoms with Gasteiger partial charge in [0.15, 0.2) is 5.96 Å². The molecule has 0 aromatic carbocycles. The summed E-state index contributed by atoms with van der Waals surface area (Å²) >= 11 is 0. The SMILES string of the molecule is CN=C(NCCN1CCCCC1C)NCC1(CCOC)CCCC1. The maximum atomic E-state index is 5.32. The van der Waals surface area contributed by atoms with Crippen LogP contribution in [0, 0.1) is 5.41 Å². The van der Waals surface area contributed by atoms with Gasteiger partial charge in [0, 0.05) is 46.4 Å². The van der Waals surface area contributed by atoms with E-state index in [1.165, 1.54) is 51.5 Å². The van der Waals surface area contributed by atoms with Gasteiger partial charge in [-0.3, -0.25) is 9.89 Å². The van der Waals surface area contributed by atoms with E-state index in [0.717, 1.165) is 44.7 Å². The van der Waals surface area contributed by atoms with Gasteiger partial charge in [0.05, 0.1) is 0 Å². The van der Waals surface area contributed by atoms with Crippen molar-refractivity contribution >= 4 is 5.96 Å². The lowest BCUT2D eigenvalue weighted by atomic mass is 9.83. The minimum atomic E-state index is 0.398. The minimum Gasteiger partial charge on any atom is -0.385 e. The predicted molar refractivity (Wildman–Crippen MR) is 102 cm³/mol. The number of likely N-dealkylation sites (tertiary alicyclic amines) is 1. The number of piperidine rings is 1. The number of aliphatic imine (C=N–C) groups is 1. The predicted octanol–water partition coefficient (Wildman–Crippen LogP) is 2.62. The molecule has 1 aliphatic carbocycles. The van der Waals surface area contributed by atoms with Crippen molar-refractivity contribution in [2.45, 2.75) is 64.3 Å². The van der Waals surface area contributed by atoms with Gasteiger partial charge in [0.25, 0.3) is 0 Å². The van der Waals surface area contributed by atoms with Crippen LogP contribution in [0.3, 0.4) is 0 Å². The zero-order valence-electron chi connectivity index (χ0n) is 16.1. The molecule has 0 amide bonds. The van der Waals surface area contributed by atoms with E-state index in [4.69, 9.17) is 4.74 Å². The standard InChI is InChI=1S/C19H38N4O/c1-17-8-4-7-13-23(17)14-12-21-18(20-2)22-16-19(11-15-24-3)9-5-6-10-19/h17H,4-16H2,1-3H3,(H2,20,21,22). The number of ether oxygens (including phenoxy) is 1. The molecule has 2 rings (SSSR count). The summed E-state index contributed by atoms with van der Waals surface area (Å²) in [7, 11) is 3.67. The van der Waals surface area contributed by atoms with Crippen LogP contribution in [0.15, 0.2) is 4.99 Å². The zero-order chi connectivity index (χ0) is 17.3. The van der Waals surface area contributed by atoms with E-state index in [-0.39, 0.29) is 0 Å². The van der Waals surface area contributed by atoms with Crippen molar-refractivity contribution in [1.29, 1.82) is 0 Å². The highest BCUT2D eigenvalue weighted by atomic mass is 16.5. The van der Waals surface area contributed by atoms with Crippen molar-refractivity contribution in [2.75, 3.05) is 46.9 Å². The Hall–Kier alpha value is -0.810. The third-order valence-electron chi connectivity index (χ3n) is 5.99. The molecular weight excluding hydrogens is 300 g/mol. The van der Waals surface area contributed by atoms with Gasteiger partial charge in [0.2, 0.25) is 0 Å². The summed E-state index contributed by atoms with van der Waals surface area (Å²) in [5, 5.41) is 7.08. The van der Waals surface area contributed by atoms with Crippen LogP contribution < -0.4 is 10.6 Å². The first-order chi connectivity index (χ1) is 11.7. The fourth-order valence-corrected chi connectivity index (χ4v) is 4.26. The van der Waals surface area contributed by atoms with Crippen LogP contribution in [0.1, 0.15) is 58.3 Å². The lowest BCUT2D eigenvalue weighted by Crippen LogP contribution is -2.47. The van der Waals surface area contributed by atoms with Crippen molar-refractivity contribution in [2.24, 2.45) is 10.4 Å². The summed E-state index contributed by atoms with van der Waals surface area (Å²) in [6, 6.07) is 0.728. The van der Waals surface area contributed by atoms with E-state index in [1.807, 2.05) is 7.05 Å². The van der Waals surface area contributed by atoms with Crippen molar-refractivity contribution in [3.63, 3.8) is 0 Å². The van der Waals surface area contributed by atoms with E-state index >= 15 is 0 Å². The molecule has 1 aliphatic heterocycles. The Balaban J connectivity index is 1.71. The van der Waals surface area contributed by atoms with E-state index in [1.54, 1.807) is 7.11 Å². The Labute approximate surface area is 148 Å². The van der Waals surface area contributed by atoms with E-state index in [0.29, 0.717) is 5.41 Å². The smallest absolute Gasteiger partial charge is 0.191 e. The molecule has 1 saturated heterocycles. The van der Waals surface area contributed by atoms with Gasteiger partial charge in [-0.1, -0.05) is 19.3 Å². The van der Waals surface area contributed by atoms with Gasteiger partial charge < -0.3 is 15.4 Å². The molecule has 0 bridgehead atoms. The molecule has 2 N–H and O–H groups in total. The highest BCUT2D eigenvalue weighted by Gasteiger charge is 2.33. The van der Waals surface area contributed by atoms with Gasteiger partial charge in [-0.2, -0.15) is 0 Å². The van der Waals surface area contributed by atoms with Gasteiger partial charge in [0.1, 0.15) is 0 Å². The fraction of sp³-hybridized carbons (Fsp3) is 0.947. The normalized spacial score (nSPS) is 25.0. The van der Waals surface area contributed by atoms with Crippen LogP contribution in [0.4, 0.5) is 0 Å². The van der Waals surface area contributed by atoms with Crippen molar-refractivity contribution in [1.82, 2.24) is 15.5 Å². The van der Waals surface area contributed by atoms with Gasteiger partial charge >= 0.3 is 0 Å². The number of methoxy groups -OCH3 is 1. The lowest BCUT2D eigenvalue weighted by Gasteiger charge is -2.33. The Kier molecular flexibility index (Phi) is 8.33. The number of hydrogen-bond donors (Lipinski definition) is 2. The highest BCUT2D eigenvalue weighted by molar-refractivity contribution is 5.79. The summed E-state index contributed by atoms with van der Waals surface area (Å²) in [6.07, 6.45) is 10.6. The van der Waals surface area contributed by atoms with E-state index < -0.39 is 0 Å². The number of nitrogens with zero attached hydrogens (tertiary/aromatic N) is 2. The molecule has 24 heavy (non-hydrogen) atoms. The molecule has 0 spiro atoms. The highest BCUT2D eigenvalue weighted by Crippen LogP contribution is 2.40. The number of nitrogens with one attached hydrogen (secondary N) is 2. The molecule has 5 nitrogen and oxygen atoms in total. The molecule has 0 aromatic rings. The van der Waals surface area contributed by atoms with Crippen molar-refractivity contribution in [3.8, 4) is 0 Å². The van der Waals surface area contributed by atoms with Crippen LogP contribution in [-0.4, -0.2) is 63.8 Å². The minimum absolute atomic E-state index is 0.398. The number of guanidine groups is 1. The summed E-state index contributed by atoms with van der Waals surface area (Å²) in [4.78, 5) is 7.00. The Morgan fingerprint density at radius 2 is 2.00 bits per heavy atom. The molecular formula is C19H38N4O. The lowest BCUT2D eigenvalue weighted by molar-refractivity contribution is 0.138. The van der Waals surface area contributed by atoms with Crippen molar-refractivity contribution in [3.05, 3.63) is 0 Å². The van der Waals surface area contributed by atoms with E-state index in [9.17, 15) is 0 Å². The Bertz CT molecular complexity index is 380. The summed E-state index contributed by atoms with van der Waals surface area (Å²) in [5.41, 5.74) is 0.398. The first-order valence-electron chi connectivity index (χ1n) is 9.87. The Morgan fingerprint density at radius 3 is 2.67 bits per heavy atom. The maximum Gasteiger partial charge on any atom is 0.191 e. The molecule has 1 saturated carbocycles. The third-order valence-corrected chi connectivity index (χ3v) is 5.99. The molecule has 2 fully saturated rings. The van der Waals surface area contributed by atoms with Gasteiger partial charge in [-0.25, -0.2) is 0 Å². The topological polar surface area (TPSA) is 48.9 Å². The second-order valence-corrected chi connectivity index (χ2v) is 7.68. The zero-order valence-corrected chi connectivity index (χ0v) is 16.1. The monoisotopic (exact) mass is 338 g/mol. The first kappa shape index (κ1) is 19.5. The van der Waals surface area contributed by atoms with Crippen LogP contribution in [-0.2, 0) is 4.74 Å². The van der Waals surface area contributed by atoms with Crippen LogP contribution >= 0.6 is 0 Å². The van der Waals surface area contributed by atoms with E-state index in [2.05, 4.69) is 27.4 Å². The van der Waals surface area contributed by atoms with Crippen molar-refractivity contribution < 1.29 is 4.74 Å². The van der Waals surface area contributed by atoms with Gasteiger partial charge in [-0.15, -0.1) is 0 Å². The second kappa shape index (κ2) is 10.2. The second-order valence-electron chi connectivity index (χ2n) is 7.68.